The second-order valence-electron chi connectivity index (χ2n) is 6.98. The molecule has 28 heavy (non-hydrogen) atoms. The van der Waals surface area contributed by atoms with Gasteiger partial charge in [0.2, 0.25) is 11.8 Å². The van der Waals surface area contributed by atoms with Crippen LogP contribution in [0.3, 0.4) is 0 Å². The van der Waals surface area contributed by atoms with Gasteiger partial charge in [0.25, 0.3) is 0 Å². The Bertz CT molecular complexity index is 975. The summed E-state index contributed by atoms with van der Waals surface area (Å²) in [4.78, 5) is 30.8. The molecule has 0 atom stereocenters. The molecule has 144 valence electrons. The van der Waals surface area contributed by atoms with E-state index < -0.39 is 0 Å². The van der Waals surface area contributed by atoms with Crippen LogP contribution in [0.25, 0.3) is 10.2 Å². The van der Waals surface area contributed by atoms with Crippen LogP contribution in [0.1, 0.15) is 19.8 Å². The van der Waals surface area contributed by atoms with Crippen LogP contribution in [0.5, 0.6) is 0 Å². The van der Waals surface area contributed by atoms with E-state index in [1.165, 1.54) is 11.6 Å². The van der Waals surface area contributed by atoms with Crippen LogP contribution in [0.15, 0.2) is 48.5 Å². The second-order valence-corrected chi connectivity index (χ2v) is 7.99. The number of carbonyl (C=O) groups is 2. The van der Waals surface area contributed by atoms with Gasteiger partial charge >= 0.3 is 0 Å². The first kappa shape index (κ1) is 18.4. The Kier molecular flexibility index (Phi) is 5.25. The van der Waals surface area contributed by atoms with Gasteiger partial charge in [-0.15, -0.1) is 0 Å². The van der Waals surface area contributed by atoms with Crippen molar-refractivity contribution in [3.63, 3.8) is 0 Å². The highest BCUT2D eigenvalue weighted by atomic mass is 32.1. The third-order valence-electron chi connectivity index (χ3n) is 4.87. The van der Waals surface area contributed by atoms with Crippen molar-refractivity contribution in [1.29, 1.82) is 0 Å². The molecule has 4 rings (SSSR count). The van der Waals surface area contributed by atoms with Crippen molar-refractivity contribution in [3.05, 3.63) is 48.5 Å². The average Bonchev–Trinajstić information content (AvgIpc) is 3.12. The van der Waals surface area contributed by atoms with E-state index in [0.29, 0.717) is 11.4 Å². The standard InChI is InChI=1S/C21H22N4O2S/c1-14(26)22-16-5-4-6-17(13-16)23-20(27)15-9-11-25(12-10-15)21-24-18-7-2-3-8-19(18)28-21/h2-8,13,15H,9-12H2,1H3,(H,22,26)(H,23,27). The quantitative estimate of drug-likeness (QED) is 0.698. The van der Waals surface area contributed by atoms with Crippen LogP contribution in [0.4, 0.5) is 16.5 Å². The first-order chi connectivity index (χ1) is 13.6. The number of anilines is 3. The third-order valence-corrected chi connectivity index (χ3v) is 5.97. The van der Waals surface area contributed by atoms with Crippen LogP contribution >= 0.6 is 11.3 Å². The molecule has 2 aromatic carbocycles. The van der Waals surface area contributed by atoms with Gasteiger partial charge in [-0.3, -0.25) is 9.59 Å². The van der Waals surface area contributed by atoms with Crippen LogP contribution in [0, 0.1) is 5.92 Å². The van der Waals surface area contributed by atoms with E-state index in [9.17, 15) is 9.59 Å². The Morgan fingerprint density at radius 1 is 1.04 bits per heavy atom. The third kappa shape index (κ3) is 4.14. The SMILES string of the molecule is CC(=O)Nc1cccc(NC(=O)C2CCN(c3nc4ccccc4s3)CC2)c1. The highest BCUT2D eigenvalue weighted by Crippen LogP contribution is 2.31. The number of nitrogens with zero attached hydrogens (tertiary/aromatic N) is 2. The molecule has 0 aliphatic carbocycles. The van der Waals surface area contributed by atoms with Gasteiger partial charge in [-0.25, -0.2) is 4.98 Å². The van der Waals surface area contributed by atoms with E-state index in [1.807, 2.05) is 30.3 Å². The first-order valence-electron chi connectivity index (χ1n) is 9.37. The highest BCUT2D eigenvalue weighted by Gasteiger charge is 2.26. The summed E-state index contributed by atoms with van der Waals surface area (Å²) in [6.45, 7) is 3.11. The van der Waals surface area contributed by atoms with Gasteiger partial charge in [0.05, 0.1) is 10.2 Å². The molecule has 0 bridgehead atoms. The summed E-state index contributed by atoms with van der Waals surface area (Å²) in [6, 6.07) is 15.4. The fourth-order valence-electron chi connectivity index (χ4n) is 3.45. The molecule has 0 saturated carbocycles. The lowest BCUT2D eigenvalue weighted by molar-refractivity contribution is -0.120. The molecule has 1 aliphatic rings. The van der Waals surface area contributed by atoms with Gasteiger partial charge in [-0.05, 0) is 43.2 Å². The van der Waals surface area contributed by atoms with Gasteiger partial charge in [0.1, 0.15) is 0 Å². The fraction of sp³-hybridized carbons (Fsp3) is 0.286. The number of rotatable bonds is 4. The fourth-order valence-corrected chi connectivity index (χ4v) is 4.47. The number of carbonyl (C=O) groups excluding carboxylic acids is 2. The number of hydrogen-bond acceptors (Lipinski definition) is 5. The Balaban J connectivity index is 1.35. The van der Waals surface area contributed by atoms with E-state index in [1.54, 1.807) is 23.5 Å². The van der Waals surface area contributed by atoms with Crippen molar-refractivity contribution in [2.24, 2.45) is 5.92 Å². The van der Waals surface area contributed by atoms with Crippen molar-refractivity contribution in [1.82, 2.24) is 4.98 Å². The van der Waals surface area contributed by atoms with Crippen molar-refractivity contribution in [2.75, 3.05) is 28.6 Å². The molecule has 3 aromatic rings. The molecule has 2 amide bonds. The largest absolute Gasteiger partial charge is 0.348 e. The van der Waals surface area contributed by atoms with E-state index in [0.717, 1.165) is 36.6 Å². The summed E-state index contributed by atoms with van der Waals surface area (Å²) >= 11 is 1.70. The number of nitrogens with one attached hydrogen (secondary N) is 2. The molecule has 1 aliphatic heterocycles. The summed E-state index contributed by atoms with van der Waals surface area (Å²) in [7, 11) is 0. The number of aromatic nitrogens is 1. The topological polar surface area (TPSA) is 74.3 Å². The zero-order chi connectivity index (χ0) is 19.5. The second kappa shape index (κ2) is 7.98. The maximum Gasteiger partial charge on any atom is 0.227 e. The predicted molar refractivity (Wildman–Crippen MR) is 114 cm³/mol. The van der Waals surface area contributed by atoms with Crippen LogP contribution < -0.4 is 15.5 Å². The molecule has 6 nitrogen and oxygen atoms in total. The highest BCUT2D eigenvalue weighted by molar-refractivity contribution is 7.22. The molecule has 2 N–H and O–H groups in total. The maximum absolute atomic E-state index is 12.7. The minimum Gasteiger partial charge on any atom is -0.348 e. The Morgan fingerprint density at radius 3 is 2.46 bits per heavy atom. The minimum atomic E-state index is -0.134. The van der Waals surface area contributed by atoms with Crippen molar-refractivity contribution < 1.29 is 9.59 Å². The van der Waals surface area contributed by atoms with Gasteiger partial charge < -0.3 is 15.5 Å². The van der Waals surface area contributed by atoms with Crippen LogP contribution in [-0.2, 0) is 9.59 Å². The van der Waals surface area contributed by atoms with Crippen LogP contribution in [0.2, 0.25) is 0 Å². The molecule has 0 spiro atoms. The molecule has 1 fully saturated rings. The molecule has 1 saturated heterocycles. The maximum atomic E-state index is 12.7. The number of para-hydroxylation sites is 1. The van der Waals surface area contributed by atoms with Gasteiger partial charge in [-0.1, -0.05) is 29.5 Å². The van der Waals surface area contributed by atoms with Crippen molar-refractivity contribution in [2.45, 2.75) is 19.8 Å². The lowest BCUT2D eigenvalue weighted by Gasteiger charge is -2.31. The number of amides is 2. The van der Waals surface area contributed by atoms with Crippen molar-refractivity contribution in [3.8, 4) is 0 Å². The lowest BCUT2D eigenvalue weighted by atomic mass is 9.96. The monoisotopic (exact) mass is 394 g/mol. The zero-order valence-corrected chi connectivity index (χ0v) is 16.5. The molecule has 0 radical (unpaired) electrons. The summed E-state index contributed by atoms with van der Waals surface area (Å²) in [5, 5.41) is 6.74. The summed E-state index contributed by atoms with van der Waals surface area (Å²) < 4.78 is 1.19. The van der Waals surface area contributed by atoms with Gasteiger partial charge in [0, 0.05) is 37.3 Å². The summed E-state index contributed by atoms with van der Waals surface area (Å²) in [5.74, 6) is -0.121. The Labute approximate surface area is 167 Å². The van der Waals surface area contributed by atoms with E-state index in [4.69, 9.17) is 4.98 Å². The van der Waals surface area contributed by atoms with Gasteiger partial charge in [0.15, 0.2) is 5.13 Å². The number of benzene rings is 2. The minimum absolute atomic E-state index is 0.0185. The van der Waals surface area contributed by atoms with E-state index in [2.05, 4.69) is 21.6 Å². The van der Waals surface area contributed by atoms with Gasteiger partial charge in [-0.2, -0.15) is 0 Å². The molecule has 0 unspecified atom stereocenters. The number of hydrogen-bond donors (Lipinski definition) is 2. The molecular formula is C21H22N4O2S. The van der Waals surface area contributed by atoms with E-state index >= 15 is 0 Å². The first-order valence-corrected chi connectivity index (χ1v) is 10.2. The predicted octanol–water partition coefficient (Wildman–Crippen LogP) is 4.11. The molecule has 1 aromatic heterocycles. The lowest BCUT2D eigenvalue weighted by Crippen LogP contribution is -2.38. The molecular weight excluding hydrogens is 372 g/mol. The Morgan fingerprint density at radius 2 is 1.75 bits per heavy atom. The smallest absolute Gasteiger partial charge is 0.227 e. The number of fused-ring (bicyclic) bond motifs is 1. The zero-order valence-electron chi connectivity index (χ0n) is 15.6. The summed E-state index contributed by atoms with van der Waals surface area (Å²) in [5.41, 5.74) is 2.40. The van der Waals surface area contributed by atoms with Crippen molar-refractivity contribution >= 4 is 49.9 Å². The average molecular weight is 395 g/mol. The number of thiazole rings is 1. The van der Waals surface area contributed by atoms with Crippen LogP contribution in [-0.4, -0.2) is 29.9 Å². The Hall–Kier alpha value is -2.93. The normalized spacial score (nSPS) is 14.8. The number of piperidine rings is 1. The van der Waals surface area contributed by atoms with E-state index in [-0.39, 0.29) is 17.7 Å². The molecule has 2 heterocycles. The summed E-state index contributed by atoms with van der Waals surface area (Å²) in [6.07, 6.45) is 1.60. The molecule has 7 heteroatoms.